The van der Waals surface area contributed by atoms with Gasteiger partial charge in [0.2, 0.25) is 0 Å². The maximum atomic E-state index is 5.72. The van der Waals surface area contributed by atoms with E-state index in [-0.39, 0.29) is 0 Å². The first-order valence-corrected chi connectivity index (χ1v) is 4.72. The van der Waals surface area contributed by atoms with Crippen molar-refractivity contribution < 1.29 is 0 Å². The minimum Gasteiger partial charge on any atom is -0.382 e. The summed E-state index contributed by atoms with van der Waals surface area (Å²) in [7, 11) is 0. The zero-order chi connectivity index (χ0) is 10.7. The second-order valence-corrected chi connectivity index (χ2v) is 3.36. The summed E-state index contributed by atoms with van der Waals surface area (Å²) in [6.07, 6.45) is 3.20. The van der Waals surface area contributed by atoms with Crippen molar-refractivity contribution in [3.05, 3.63) is 41.7 Å². The van der Waals surface area contributed by atoms with Crippen LogP contribution in [0.3, 0.4) is 0 Å². The number of nitrogens with two attached hydrogens (primary N) is 1. The highest BCUT2D eigenvalue weighted by molar-refractivity contribution is 6.30. The van der Waals surface area contributed by atoms with Gasteiger partial charge in [-0.15, -0.1) is 0 Å². The van der Waals surface area contributed by atoms with E-state index in [1.807, 2.05) is 6.07 Å². The van der Waals surface area contributed by atoms with Crippen LogP contribution in [0.1, 0.15) is 0 Å². The fourth-order valence-electron chi connectivity index (χ4n) is 1.11. The van der Waals surface area contributed by atoms with Crippen molar-refractivity contribution in [1.82, 2.24) is 9.97 Å². The van der Waals surface area contributed by atoms with Crippen molar-refractivity contribution in [2.45, 2.75) is 0 Å². The van der Waals surface area contributed by atoms with E-state index in [9.17, 15) is 0 Å². The molecule has 2 rings (SSSR count). The van der Waals surface area contributed by atoms with E-state index in [0.29, 0.717) is 16.7 Å². The van der Waals surface area contributed by atoms with Gasteiger partial charge >= 0.3 is 0 Å². The van der Waals surface area contributed by atoms with Gasteiger partial charge in [0.05, 0.1) is 10.7 Å². The highest BCUT2D eigenvalue weighted by atomic mass is 35.5. The lowest BCUT2D eigenvalue weighted by Crippen LogP contribution is -1.99. The van der Waals surface area contributed by atoms with Crippen LogP contribution < -0.4 is 11.1 Å². The molecule has 0 aromatic carbocycles. The summed E-state index contributed by atoms with van der Waals surface area (Å²) in [6, 6.07) is 7.16. The molecule has 2 aromatic heterocycles. The maximum absolute atomic E-state index is 5.72. The van der Waals surface area contributed by atoms with Crippen molar-refractivity contribution >= 4 is 28.9 Å². The van der Waals surface area contributed by atoms with Crippen LogP contribution in [-0.4, -0.2) is 9.97 Å². The van der Waals surface area contributed by atoms with E-state index in [1.165, 1.54) is 0 Å². The van der Waals surface area contributed by atoms with Crippen molar-refractivity contribution in [2.75, 3.05) is 11.1 Å². The Morgan fingerprint density at radius 2 is 2.07 bits per heavy atom. The lowest BCUT2D eigenvalue weighted by molar-refractivity contribution is 1.28. The fraction of sp³-hybridized carbons (Fsp3) is 0. The molecule has 0 aliphatic rings. The van der Waals surface area contributed by atoms with Gasteiger partial charge in [0, 0.05) is 12.4 Å². The molecule has 3 N–H and O–H groups in total. The van der Waals surface area contributed by atoms with Gasteiger partial charge in [-0.25, -0.2) is 9.97 Å². The van der Waals surface area contributed by atoms with Crippen LogP contribution in [-0.2, 0) is 0 Å². The molecular weight excluding hydrogens is 212 g/mol. The Bertz CT molecular complexity index is 455. The van der Waals surface area contributed by atoms with Crippen LogP contribution in [0.4, 0.5) is 17.3 Å². The molecule has 0 atom stereocenters. The van der Waals surface area contributed by atoms with Gasteiger partial charge in [-0.05, 0) is 24.3 Å². The number of halogens is 1. The molecule has 0 unspecified atom stereocenters. The molecule has 0 fully saturated rings. The molecule has 0 saturated heterocycles. The van der Waals surface area contributed by atoms with E-state index in [1.54, 1.807) is 30.6 Å². The largest absolute Gasteiger partial charge is 0.382 e. The second-order valence-electron chi connectivity index (χ2n) is 2.92. The van der Waals surface area contributed by atoms with Crippen molar-refractivity contribution in [2.24, 2.45) is 0 Å². The third kappa shape index (κ3) is 2.35. The lowest BCUT2D eigenvalue weighted by Gasteiger charge is -2.06. The van der Waals surface area contributed by atoms with Crippen LogP contribution in [0, 0.1) is 0 Å². The van der Waals surface area contributed by atoms with Crippen LogP contribution >= 0.6 is 11.6 Å². The fourth-order valence-corrected chi connectivity index (χ4v) is 1.22. The smallest absolute Gasteiger partial charge is 0.147 e. The van der Waals surface area contributed by atoms with E-state index in [4.69, 9.17) is 17.3 Å². The monoisotopic (exact) mass is 220 g/mol. The third-order valence-electron chi connectivity index (χ3n) is 1.83. The van der Waals surface area contributed by atoms with Gasteiger partial charge in [-0.2, -0.15) is 0 Å². The minimum absolute atomic E-state index is 0.439. The Kier molecular flexibility index (Phi) is 2.69. The van der Waals surface area contributed by atoms with Gasteiger partial charge in [0.15, 0.2) is 0 Å². The first-order valence-electron chi connectivity index (χ1n) is 4.35. The van der Waals surface area contributed by atoms with Crippen LogP contribution in [0.15, 0.2) is 36.7 Å². The van der Waals surface area contributed by atoms with E-state index in [2.05, 4.69) is 15.3 Å². The molecule has 0 amide bonds. The molecule has 0 aliphatic heterocycles. The summed E-state index contributed by atoms with van der Waals surface area (Å²) in [5.74, 6) is 1.12. The maximum Gasteiger partial charge on any atom is 0.147 e. The molecule has 0 saturated carbocycles. The average Bonchev–Trinajstić information content (AvgIpc) is 2.25. The van der Waals surface area contributed by atoms with E-state index >= 15 is 0 Å². The Labute approximate surface area is 92.1 Å². The van der Waals surface area contributed by atoms with Crippen molar-refractivity contribution in [3.63, 3.8) is 0 Å². The molecule has 15 heavy (non-hydrogen) atoms. The van der Waals surface area contributed by atoms with Gasteiger partial charge in [0.1, 0.15) is 11.6 Å². The Hall–Kier alpha value is -1.81. The number of nitrogen functional groups attached to an aromatic ring is 1. The molecule has 5 heteroatoms. The highest BCUT2D eigenvalue weighted by Crippen LogP contribution is 2.19. The number of nitrogens with zero attached hydrogens (tertiary/aromatic N) is 2. The summed E-state index contributed by atoms with van der Waals surface area (Å²) in [5.41, 5.74) is 6.40. The topological polar surface area (TPSA) is 63.8 Å². The molecular formula is C10H9ClN4. The molecule has 4 nitrogen and oxygen atoms in total. The number of rotatable bonds is 2. The Morgan fingerprint density at radius 3 is 2.73 bits per heavy atom. The molecule has 76 valence electrons. The Morgan fingerprint density at radius 1 is 1.20 bits per heavy atom. The zero-order valence-electron chi connectivity index (χ0n) is 7.81. The van der Waals surface area contributed by atoms with Crippen molar-refractivity contribution in [3.8, 4) is 0 Å². The first-order chi connectivity index (χ1) is 7.25. The van der Waals surface area contributed by atoms with Gasteiger partial charge < -0.3 is 11.1 Å². The number of anilines is 3. The quantitative estimate of drug-likeness (QED) is 0.816. The SMILES string of the molecule is Nc1ncccc1Nc1ccc(Cl)cn1. The van der Waals surface area contributed by atoms with Crippen LogP contribution in [0.2, 0.25) is 5.02 Å². The molecule has 0 aliphatic carbocycles. The van der Waals surface area contributed by atoms with E-state index < -0.39 is 0 Å². The molecule has 0 spiro atoms. The number of pyridine rings is 2. The van der Waals surface area contributed by atoms with Crippen molar-refractivity contribution in [1.29, 1.82) is 0 Å². The number of aromatic nitrogens is 2. The number of nitrogens with one attached hydrogen (secondary N) is 1. The third-order valence-corrected chi connectivity index (χ3v) is 2.05. The summed E-state index contributed by atoms with van der Waals surface area (Å²) >= 11 is 5.72. The summed E-state index contributed by atoms with van der Waals surface area (Å²) in [6.45, 7) is 0. The van der Waals surface area contributed by atoms with Gasteiger partial charge in [-0.3, -0.25) is 0 Å². The molecule has 2 heterocycles. The molecule has 2 aromatic rings. The second kappa shape index (κ2) is 4.14. The van der Waals surface area contributed by atoms with Crippen LogP contribution in [0.5, 0.6) is 0 Å². The summed E-state index contributed by atoms with van der Waals surface area (Å²) in [4.78, 5) is 8.04. The summed E-state index contributed by atoms with van der Waals surface area (Å²) < 4.78 is 0. The first kappa shape index (κ1) is 9.73. The normalized spacial score (nSPS) is 9.93. The average molecular weight is 221 g/mol. The molecule has 0 bridgehead atoms. The van der Waals surface area contributed by atoms with E-state index in [0.717, 1.165) is 5.69 Å². The molecule has 0 radical (unpaired) electrons. The Balaban J connectivity index is 2.22. The predicted octanol–water partition coefficient (Wildman–Crippen LogP) is 2.46. The highest BCUT2D eigenvalue weighted by Gasteiger charge is 1.99. The predicted molar refractivity (Wildman–Crippen MR) is 61.2 cm³/mol. The van der Waals surface area contributed by atoms with Crippen LogP contribution in [0.25, 0.3) is 0 Å². The lowest BCUT2D eigenvalue weighted by atomic mass is 10.3. The zero-order valence-corrected chi connectivity index (χ0v) is 8.57. The number of hydrogen-bond acceptors (Lipinski definition) is 4. The minimum atomic E-state index is 0.439. The number of hydrogen-bond donors (Lipinski definition) is 2. The standard InChI is InChI=1S/C10H9ClN4/c11-7-3-4-9(14-6-7)15-8-2-1-5-13-10(8)12/h1-6H,(H2,12,13)(H,14,15). The van der Waals surface area contributed by atoms with Gasteiger partial charge in [0.25, 0.3) is 0 Å². The summed E-state index contributed by atoms with van der Waals surface area (Å²) in [5, 5.41) is 3.64. The van der Waals surface area contributed by atoms with Gasteiger partial charge in [-0.1, -0.05) is 11.6 Å².